The topological polar surface area (TPSA) is 116 Å². The lowest BCUT2D eigenvalue weighted by Crippen LogP contribution is -2.52. The first-order valence-electron chi connectivity index (χ1n) is 8.77. The van der Waals surface area contributed by atoms with E-state index in [0.717, 1.165) is 10.8 Å². The van der Waals surface area contributed by atoms with Crippen LogP contribution in [0.3, 0.4) is 0 Å². The Labute approximate surface area is 157 Å². The summed E-state index contributed by atoms with van der Waals surface area (Å²) in [6, 6.07) is 10.5. The van der Waals surface area contributed by atoms with Gasteiger partial charge >= 0.3 is 11.9 Å². The predicted octanol–water partition coefficient (Wildman–Crippen LogP) is 2.11. The maximum atomic E-state index is 12.5. The van der Waals surface area contributed by atoms with Crippen molar-refractivity contribution in [3.8, 4) is 0 Å². The molecule has 0 saturated carbocycles. The molecule has 0 aliphatic rings. The van der Waals surface area contributed by atoms with Gasteiger partial charge in [0.2, 0.25) is 0 Å². The molecule has 4 N–H and O–H groups in total. The molecule has 144 valence electrons. The average Bonchev–Trinajstić information content (AvgIpc) is 2.62. The van der Waals surface area contributed by atoms with Gasteiger partial charge in [0.15, 0.2) is 0 Å². The second-order valence-electron chi connectivity index (χ2n) is 6.81. The third-order valence-corrected chi connectivity index (χ3v) is 4.21. The number of amides is 1. The molecule has 1 unspecified atom stereocenters. The molecule has 0 saturated heterocycles. The number of rotatable bonds is 9. The summed E-state index contributed by atoms with van der Waals surface area (Å²) in [5, 5.41) is 25.5. The van der Waals surface area contributed by atoms with Gasteiger partial charge in [0.25, 0.3) is 5.91 Å². The van der Waals surface area contributed by atoms with Crippen molar-refractivity contribution in [3.05, 3.63) is 48.0 Å². The van der Waals surface area contributed by atoms with Crippen LogP contribution in [-0.2, 0) is 9.59 Å². The molecule has 0 radical (unpaired) electrons. The number of fused-ring (bicyclic) bond motifs is 1. The number of carbonyl (C=O) groups is 3. The maximum absolute atomic E-state index is 12.5. The van der Waals surface area contributed by atoms with Crippen LogP contribution in [0, 0.1) is 5.92 Å². The van der Waals surface area contributed by atoms with E-state index in [0.29, 0.717) is 5.56 Å². The third-order valence-electron chi connectivity index (χ3n) is 4.21. The number of carbonyl (C=O) groups excluding carboxylic acids is 1. The molecule has 0 aliphatic heterocycles. The number of hydrogen-bond acceptors (Lipinski definition) is 4. The van der Waals surface area contributed by atoms with E-state index in [1.54, 1.807) is 12.1 Å². The van der Waals surface area contributed by atoms with E-state index in [4.69, 9.17) is 0 Å². The Morgan fingerprint density at radius 1 is 0.926 bits per heavy atom. The SMILES string of the molecule is CC(C)CC(N[C@@H](CNC(=O)c1cccc2ccccc12)C(=O)O)C(=O)O. The lowest BCUT2D eigenvalue weighted by atomic mass is 10.0. The second-order valence-corrected chi connectivity index (χ2v) is 6.81. The average molecular weight is 372 g/mol. The molecule has 7 heteroatoms. The Kier molecular flexibility index (Phi) is 6.90. The van der Waals surface area contributed by atoms with Gasteiger partial charge in [0, 0.05) is 12.1 Å². The first-order valence-corrected chi connectivity index (χ1v) is 8.77. The quantitative estimate of drug-likeness (QED) is 0.536. The molecule has 0 heterocycles. The fourth-order valence-electron chi connectivity index (χ4n) is 2.89. The van der Waals surface area contributed by atoms with Crippen molar-refractivity contribution in [3.63, 3.8) is 0 Å². The number of nitrogens with one attached hydrogen (secondary N) is 2. The van der Waals surface area contributed by atoms with Crippen LogP contribution in [0.15, 0.2) is 42.5 Å². The van der Waals surface area contributed by atoms with Crippen LogP contribution in [0.2, 0.25) is 0 Å². The monoisotopic (exact) mass is 372 g/mol. The summed E-state index contributed by atoms with van der Waals surface area (Å²) < 4.78 is 0. The van der Waals surface area contributed by atoms with Crippen molar-refractivity contribution in [2.45, 2.75) is 32.4 Å². The molecule has 7 nitrogen and oxygen atoms in total. The number of carboxylic acids is 2. The Morgan fingerprint density at radius 2 is 1.56 bits per heavy atom. The minimum absolute atomic E-state index is 0.0818. The standard InChI is InChI=1S/C20H24N2O5/c1-12(2)10-16(19(24)25)22-17(20(26)27)11-21-18(23)15-9-5-7-13-6-3-4-8-14(13)15/h3-9,12,16-17,22H,10-11H2,1-2H3,(H,21,23)(H,24,25)(H,26,27)/t16?,17-/m0/s1. The molecule has 0 spiro atoms. The van der Waals surface area contributed by atoms with Gasteiger partial charge < -0.3 is 15.5 Å². The fourth-order valence-corrected chi connectivity index (χ4v) is 2.89. The van der Waals surface area contributed by atoms with Gasteiger partial charge in [-0.05, 0) is 29.2 Å². The highest BCUT2D eigenvalue weighted by atomic mass is 16.4. The van der Waals surface area contributed by atoms with E-state index in [9.17, 15) is 24.6 Å². The number of carboxylic acid groups (broad SMARTS) is 2. The number of aliphatic carboxylic acids is 2. The summed E-state index contributed by atoms with van der Waals surface area (Å²) in [7, 11) is 0. The van der Waals surface area contributed by atoms with E-state index >= 15 is 0 Å². The van der Waals surface area contributed by atoms with Crippen LogP contribution in [0.5, 0.6) is 0 Å². The predicted molar refractivity (Wildman–Crippen MR) is 102 cm³/mol. The van der Waals surface area contributed by atoms with Crippen LogP contribution in [-0.4, -0.2) is 46.7 Å². The Bertz CT molecular complexity index is 829. The normalized spacial score (nSPS) is 13.3. The Morgan fingerprint density at radius 3 is 2.19 bits per heavy atom. The largest absolute Gasteiger partial charge is 0.480 e. The van der Waals surface area contributed by atoms with Crippen molar-refractivity contribution in [2.24, 2.45) is 5.92 Å². The van der Waals surface area contributed by atoms with Crippen LogP contribution < -0.4 is 10.6 Å². The summed E-state index contributed by atoms with van der Waals surface area (Å²) in [5.74, 6) is -2.66. The van der Waals surface area contributed by atoms with E-state index in [1.165, 1.54) is 0 Å². The molecule has 2 rings (SSSR count). The molecular weight excluding hydrogens is 348 g/mol. The fraction of sp³-hybridized carbons (Fsp3) is 0.350. The first-order chi connectivity index (χ1) is 12.8. The zero-order valence-corrected chi connectivity index (χ0v) is 15.3. The highest BCUT2D eigenvalue weighted by molar-refractivity contribution is 6.07. The van der Waals surface area contributed by atoms with Crippen LogP contribution in [0.25, 0.3) is 10.8 Å². The molecule has 2 aromatic carbocycles. The van der Waals surface area contributed by atoms with Gasteiger partial charge in [0.05, 0.1) is 0 Å². The molecule has 2 aromatic rings. The van der Waals surface area contributed by atoms with Gasteiger partial charge in [-0.2, -0.15) is 0 Å². The van der Waals surface area contributed by atoms with E-state index in [1.807, 2.05) is 44.2 Å². The molecule has 2 atom stereocenters. The Balaban J connectivity index is 2.09. The second kappa shape index (κ2) is 9.14. The minimum Gasteiger partial charge on any atom is -0.480 e. The van der Waals surface area contributed by atoms with Crippen molar-refractivity contribution < 1.29 is 24.6 Å². The van der Waals surface area contributed by atoms with E-state index < -0.39 is 29.9 Å². The zero-order valence-electron chi connectivity index (χ0n) is 15.3. The minimum atomic E-state index is -1.22. The summed E-state index contributed by atoms with van der Waals surface area (Å²) in [4.78, 5) is 35.4. The molecular formula is C20H24N2O5. The van der Waals surface area contributed by atoms with Crippen molar-refractivity contribution in [1.82, 2.24) is 10.6 Å². The Hall–Kier alpha value is -2.93. The van der Waals surface area contributed by atoms with E-state index in [-0.39, 0.29) is 18.9 Å². The van der Waals surface area contributed by atoms with Crippen LogP contribution >= 0.6 is 0 Å². The van der Waals surface area contributed by atoms with Gasteiger partial charge in [0.1, 0.15) is 12.1 Å². The van der Waals surface area contributed by atoms with E-state index in [2.05, 4.69) is 10.6 Å². The van der Waals surface area contributed by atoms with Gasteiger partial charge in [-0.3, -0.25) is 19.7 Å². The summed E-state index contributed by atoms with van der Waals surface area (Å²) >= 11 is 0. The molecule has 0 aromatic heterocycles. The lowest BCUT2D eigenvalue weighted by Gasteiger charge is -2.22. The van der Waals surface area contributed by atoms with Crippen LogP contribution in [0.4, 0.5) is 0 Å². The molecule has 0 fully saturated rings. The van der Waals surface area contributed by atoms with Crippen molar-refractivity contribution in [1.29, 1.82) is 0 Å². The molecule has 1 amide bonds. The van der Waals surface area contributed by atoms with Gasteiger partial charge in [-0.25, -0.2) is 0 Å². The number of hydrogen-bond donors (Lipinski definition) is 4. The highest BCUT2D eigenvalue weighted by Crippen LogP contribution is 2.18. The van der Waals surface area contributed by atoms with Crippen molar-refractivity contribution in [2.75, 3.05) is 6.54 Å². The van der Waals surface area contributed by atoms with Crippen molar-refractivity contribution >= 4 is 28.6 Å². The smallest absolute Gasteiger partial charge is 0.322 e. The molecule has 0 bridgehead atoms. The summed E-state index contributed by atoms with van der Waals surface area (Å²) in [6.07, 6.45) is 0.288. The molecule has 27 heavy (non-hydrogen) atoms. The zero-order chi connectivity index (χ0) is 20.0. The summed E-state index contributed by atoms with van der Waals surface area (Å²) in [6.45, 7) is 3.49. The number of benzene rings is 2. The van der Waals surface area contributed by atoms with Gasteiger partial charge in [-0.15, -0.1) is 0 Å². The van der Waals surface area contributed by atoms with Gasteiger partial charge in [-0.1, -0.05) is 50.2 Å². The van der Waals surface area contributed by atoms with Crippen LogP contribution in [0.1, 0.15) is 30.6 Å². The molecule has 0 aliphatic carbocycles. The first kappa shape index (κ1) is 20.4. The lowest BCUT2D eigenvalue weighted by molar-refractivity contribution is -0.142. The maximum Gasteiger partial charge on any atom is 0.322 e. The summed E-state index contributed by atoms with van der Waals surface area (Å²) in [5.41, 5.74) is 0.439. The highest BCUT2D eigenvalue weighted by Gasteiger charge is 2.27. The third kappa shape index (κ3) is 5.52.